The summed E-state index contributed by atoms with van der Waals surface area (Å²) >= 11 is 4.57. The highest BCUT2D eigenvalue weighted by molar-refractivity contribution is 14.1. The second kappa shape index (κ2) is 10.3. The zero-order valence-corrected chi connectivity index (χ0v) is 21.0. The molecule has 1 aliphatic rings. The van der Waals surface area contributed by atoms with Gasteiger partial charge in [-0.3, -0.25) is 4.79 Å². The van der Waals surface area contributed by atoms with Crippen molar-refractivity contribution >= 4 is 69.2 Å². The smallest absolute Gasteiger partial charge is 0.221 e. The van der Waals surface area contributed by atoms with Crippen LogP contribution in [0.25, 0.3) is 0 Å². The number of halogens is 3. The molecule has 0 saturated carbocycles. The second-order valence-corrected chi connectivity index (χ2v) is 8.81. The Balaban J connectivity index is 0.00000280. The predicted octanol–water partition coefficient (Wildman–Crippen LogP) is 4.72. The van der Waals surface area contributed by atoms with Crippen LogP contribution in [0.1, 0.15) is 29.7 Å². The van der Waals surface area contributed by atoms with E-state index in [2.05, 4.69) is 80.1 Å². The van der Waals surface area contributed by atoms with Crippen LogP contribution in [-0.2, 0) is 17.6 Å². The Hall–Kier alpha value is -0.780. The first-order valence-electron chi connectivity index (χ1n) is 8.66. The van der Waals surface area contributed by atoms with Gasteiger partial charge in [0.1, 0.15) is 0 Å². The lowest BCUT2D eigenvalue weighted by Gasteiger charge is -2.28. The molecule has 5 nitrogen and oxygen atoms in total. The summed E-state index contributed by atoms with van der Waals surface area (Å²) in [6, 6.07) is 8.68. The molecular weight excluding hydrogens is 605 g/mol. The Morgan fingerprint density at radius 1 is 1.14 bits per heavy atom. The van der Waals surface area contributed by atoms with Crippen molar-refractivity contribution in [3.63, 3.8) is 0 Å². The van der Waals surface area contributed by atoms with Crippen molar-refractivity contribution in [3.05, 3.63) is 48.1 Å². The first kappa shape index (κ1) is 23.5. The van der Waals surface area contributed by atoms with Crippen molar-refractivity contribution in [1.82, 2.24) is 5.32 Å². The number of fused-ring (bicyclic) bond motifs is 1. The molecule has 8 heteroatoms. The lowest BCUT2D eigenvalue weighted by Crippen LogP contribution is -2.31. The van der Waals surface area contributed by atoms with Gasteiger partial charge in [0, 0.05) is 20.1 Å². The molecule has 1 atom stereocenters. The van der Waals surface area contributed by atoms with Crippen LogP contribution in [0, 0.1) is 7.14 Å². The third kappa shape index (κ3) is 5.22. The summed E-state index contributed by atoms with van der Waals surface area (Å²) in [6.45, 7) is 2.47. The number of hydrogen-bond acceptors (Lipinski definition) is 4. The van der Waals surface area contributed by atoms with E-state index in [0.717, 1.165) is 43.7 Å². The monoisotopic (exact) mass is 628 g/mol. The number of amides is 1. The van der Waals surface area contributed by atoms with Gasteiger partial charge < -0.3 is 20.1 Å². The number of carbonyl (C=O) groups is 1. The van der Waals surface area contributed by atoms with E-state index < -0.39 is 0 Å². The van der Waals surface area contributed by atoms with Crippen LogP contribution in [0.3, 0.4) is 0 Å². The zero-order chi connectivity index (χ0) is 19.6. The minimum atomic E-state index is -0.0532. The van der Waals surface area contributed by atoms with Crippen LogP contribution in [0.15, 0.2) is 24.3 Å². The predicted molar refractivity (Wildman–Crippen MR) is 131 cm³/mol. The number of rotatable bonds is 5. The maximum atomic E-state index is 11.4. The van der Waals surface area contributed by atoms with Gasteiger partial charge in [-0.25, -0.2) is 0 Å². The van der Waals surface area contributed by atoms with E-state index in [9.17, 15) is 4.79 Å². The van der Waals surface area contributed by atoms with Gasteiger partial charge in [-0.05, 0) is 106 Å². The van der Waals surface area contributed by atoms with Crippen LogP contribution in [0.5, 0.6) is 11.5 Å². The van der Waals surface area contributed by atoms with E-state index in [1.54, 1.807) is 14.2 Å². The van der Waals surface area contributed by atoms with E-state index in [4.69, 9.17) is 9.47 Å². The van der Waals surface area contributed by atoms with Gasteiger partial charge in [-0.15, -0.1) is 12.4 Å². The zero-order valence-electron chi connectivity index (χ0n) is 15.9. The minimum Gasteiger partial charge on any atom is -0.493 e. The first-order chi connectivity index (χ1) is 12.9. The van der Waals surface area contributed by atoms with Crippen molar-refractivity contribution < 1.29 is 14.3 Å². The molecule has 0 radical (unpaired) electrons. The normalized spacial score (nSPS) is 15.2. The van der Waals surface area contributed by atoms with E-state index >= 15 is 0 Å². The van der Waals surface area contributed by atoms with Crippen LogP contribution < -0.4 is 20.1 Å². The summed E-state index contributed by atoms with van der Waals surface area (Å²) in [7, 11) is 3.34. The van der Waals surface area contributed by atoms with Crippen molar-refractivity contribution in [3.8, 4) is 11.5 Å². The molecule has 0 bridgehead atoms. The molecule has 0 spiro atoms. The summed E-state index contributed by atoms with van der Waals surface area (Å²) in [4.78, 5) is 11.4. The number of carbonyl (C=O) groups excluding carboxylic acids is 1. The largest absolute Gasteiger partial charge is 0.493 e. The molecule has 2 aromatic rings. The molecule has 1 amide bonds. The molecule has 1 unspecified atom stereocenters. The molecule has 2 aromatic carbocycles. The maximum Gasteiger partial charge on any atom is 0.221 e. The molecule has 0 aliphatic carbocycles. The standard InChI is InChI=1S/C20H22I2N2O3.ClH/c1-11(25)24-20-15(21)6-12(7-16(20)22)8-17-14-10-19(27-3)18(26-2)9-13(14)4-5-23-17;/h6-7,9-10,17,23H,4-5,8H2,1-3H3,(H,24,25);1H. The average molecular weight is 629 g/mol. The van der Waals surface area contributed by atoms with Crippen LogP contribution in [0.4, 0.5) is 5.69 Å². The van der Waals surface area contributed by atoms with Crippen molar-refractivity contribution in [2.24, 2.45) is 0 Å². The number of methoxy groups -OCH3 is 2. The Labute approximate surface area is 199 Å². The topological polar surface area (TPSA) is 59.6 Å². The van der Waals surface area contributed by atoms with Crippen molar-refractivity contribution in [1.29, 1.82) is 0 Å². The highest BCUT2D eigenvalue weighted by atomic mass is 127. The lowest BCUT2D eigenvalue weighted by molar-refractivity contribution is -0.114. The van der Waals surface area contributed by atoms with Gasteiger partial charge in [0.25, 0.3) is 0 Å². The van der Waals surface area contributed by atoms with Gasteiger partial charge in [-0.1, -0.05) is 0 Å². The summed E-state index contributed by atoms with van der Waals surface area (Å²) < 4.78 is 13.0. The van der Waals surface area contributed by atoms with Crippen LogP contribution >= 0.6 is 57.6 Å². The van der Waals surface area contributed by atoms with Gasteiger partial charge in [0.2, 0.25) is 5.91 Å². The van der Waals surface area contributed by atoms with Gasteiger partial charge in [-0.2, -0.15) is 0 Å². The number of anilines is 1. The van der Waals surface area contributed by atoms with Gasteiger partial charge in [0.05, 0.1) is 19.9 Å². The quantitative estimate of drug-likeness (QED) is 0.471. The van der Waals surface area contributed by atoms with E-state index in [-0.39, 0.29) is 24.4 Å². The molecule has 28 heavy (non-hydrogen) atoms. The first-order valence-corrected chi connectivity index (χ1v) is 10.8. The summed E-state index contributed by atoms with van der Waals surface area (Å²) in [5.41, 5.74) is 4.68. The Bertz CT molecular complexity index is 854. The molecule has 1 aliphatic heterocycles. The molecule has 3 rings (SSSR count). The van der Waals surface area contributed by atoms with Crippen molar-refractivity contribution in [2.75, 3.05) is 26.1 Å². The Morgan fingerprint density at radius 3 is 2.32 bits per heavy atom. The summed E-state index contributed by atoms with van der Waals surface area (Å²) in [6.07, 6.45) is 1.84. The molecule has 1 heterocycles. The fraction of sp³-hybridized carbons (Fsp3) is 0.350. The second-order valence-electron chi connectivity index (χ2n) is 6.48. The SMILES string of the molecule is COc1cc2c(cc1OC)C(Cc1cc(I)c(NC(C)=O)c(I)c1)NCC2.Cl. The maximum absolute atomic E-state index is 11.4. The molecule has 2 N–H and O–H groups in total. The highest BCUT2D eigenvalue weighted by Gasteiger charge is 2.23. The number of benzene rings is 2. The molecule has 152 valence electrons. The van der Waals surface area contributed by atoms with Crippen molar-refractivity contribution in [2.45, 2.75) is 25.8 Å². The van der Waals surface area contributed by atoms with Gasteiger partial charge in [0.15, 0.2) is 11.5 Å². The summed E-state index contributed by atoms with van der Waals surface area (Å²) in [5, 5.41) is 6.54. The van der Waals surface area contributed by atoms with Crippen LogP contribution in [-0.4, -0.2) is 26.7 Å². The number of ether oxygens (including phenoxy) is 2. The minimum absolute atomic E-state index is 0. The fourth-order valence-electron chi connectivity index (χ4n) is 3.43. The van der Waals surface area contributed by atoms with E-state index in [1.807, 2.05) is 0 Å². The average Bonchev–Trinajstić information content (AvgIpc) is 2.63. The molecule has 0 fully saturated rings. The fourth-order valence-corrected chi connectivity index (χ4v) is 5.59. The Morgan fingerprint density at radius 2 is 1.75 bits per heavy atom. The van der Waals surface area contributed by atoms with E-state index in [0.29, 0.717) is 0 Å². The third-order valence-electron chi connectivity index (χ3n) is 4.65. The van der Waals surface area contributed by atoms with Crippen LogP contribution in [0.2, 0.25) is 0 Å². The number of nitrogens with one attached hydrogen (secondary N) is 2. The number of hydrogen-bond donors (Lipinski definition) is 2. The molecule has 0 saturated heterocycles. The van der Waals surface area contributed by atoms with E-state index in [1.165, 1.54) is 23.6 Å². The Kier molecular flexibility index (Phi) is 8.65. The third-order valence-corrected chi connectivity index (χ3v) is 6.35. The van der Waals surface area contributed by atoms with Gasteiger partial charge >= 0.3 is 0 Å². The molecule has 0 aromatic heterocycles. The summed E-state index contributed by atoms with van der Waals surface area (Å²) in [5.74, 6) is 1.48. The highest BCUT2D eigenvalue weighted by Crippen LogP contribution is 2.37. The lowest BCUT2D eigenvalue weighted by atomic mass is 9.90. The molecular formula is C20H23ClI2N2O3.